The third kappa shape index (κ3) is 4.95. The second-order valence-electron chi connectivity index (χ2n) is 7.79. The Bertz CT molecular complexity index is 1010. The lowest BCUT2D eigenvalue weighted by Gasteiger charge is -2.22. The Morgan fingerprint density at radius 3 is 2.10 bits per heavy atom. The Morgan fingerprint density at radius 1 is 0.667 bits per heavy atom. The molecule has 0 aromatic heterocycles. The third-order valence-corrected chi connectivity index (χ3v) is 5.58. The molecule has 0 bridgehead atoms. The maximum absolute atomic E-state index is 12.6. The van der Waals surface area contributed by atoms with Crippen LogP contribution in [0.1, 0.15) is 52.8 Å². The van der Waals surface area contributed by atoms with Gasteiger partial charge in [-0.3, -0.25) is 9.59 Å². The van der Waals surface area contributed by atoms with E-state index in [1.807, 2.05) is 54.6 Å². The Balaban J connectivity index is 1.40. The van der Waals surface area contributed by atoms with E-state index >= 15 is 0 Å². The lowest BCUT2D eigenvalue weighted by atomic mass is 9.95. The third-order valence-electron chi connectivity index (χ3n) is 5.58. The van der Waals surface area contributed by atoms with Gasteiger partial charge in [0.15, 0.2) is 0 Å². The fourth-order valence-electron chi connectivity index (χ4n) is 3.90. The first-order valence-corrected chi connectivity index (χ1v) is 10.6. The van der Waals surface area contributed by atoms with Crippen LogP contribution in [0.15, 0.2) is 78.9 Å². The minimum atomic E-state index is -0.195. The number of nitrogens with one attached hydrogen (secondary N) is 2. The standard InChI is InChI=1S/C26H26N2O2/c29-25(21-16-14-20(15-17-21)19-8-3-1-4-9-19)28-24-13-7-10-22(18-24)26(30)27-23-11-5-2-6-12-23/h1,3-4,7-10,13-18,23H,2,5-6,11-12H2,(H,27,30)(H,28,29). The number of anilines is 1. The monoisotopic (exact) mass is 398 g/mol. The first-order valence-electron chi connectivity index (χ1n) is 10.6. The van der Waals surface area contributed by atoms with Crippen molar-refractivity contribution in [1.82, 2.24) is 5.32 Å². The maximum atomic E-state index is 12.6. The molecule has 1 aliphatic carbocycles. The molecule has 0 saturated heterocycles. The molecule has 0 heterocycles. The van der Waals surface area contributed by atoms with Crippen molar-refractivity contribution >= 4 is 17.5 Å². The van der Waals surface area contributed by atoms with E-state index in [0.29, 0.717) is 16.8 Å². The van der Waals surface area contributed by atoms with Crippen LogP contribution in [0.5, 0.6) is 0 Å². The summed E-state index contributed by atoms with van der Waals surface area (Å²) in [4.78, 5) is 25.2. The van der Waals surface area contributed by atoms with Gasteiger partial charge in [0.2, 0.25) is 0 Å². The summed E-state index contributed by atoms with van der Waals surface area (Å²) in [5.74, 6) is -0.273. The van der Waals surface area contributed by atoms with E-state index in [1.54, 1.807) is 24.3 Å². The molecule has 2 N–H and O–H groups in total. The van der Waals surface area contributed by atoms with Crippen molar-refractivity contribution in [2.24, 2.45) is 0 Å². The first kappa shape index (κ1) is 19.9. The topological polar surface area (TPSA) is 58.2 Å². The fourth-order valence-corrected chi connectivity index (χ4v) is 3.90. The normalized spacial score (nSPS) is 14.1. The second kappa shape index (κ2) is 9.40. The van der Waals surface area contributed by atoms with Crippen LogP contribution in [-0.4, -0.2) is 17.9 Å². The van der Waals surface area contributed by atoms with Gasteiger partial charge in [-0.25, -0.2) is 0 Å². The average Bonchev–Trinajstić information content (AvgIpc) is 2.80. The number of benzene rings is 3. The number of carbonyl (C=O) groups excluding carboxylic acids is 2. The highest BCUT2D eigenvalue weighted by Crippen LogP contribution is 2.21. The zero-order valence-corrected chi connectivity index (χ0v) is 16.9. The van der Waals surface area contributed by atoms with Gasteiger partial charge in [0.25, 0.3) is 11.8 Å². The molecule has 4 heteroatoms. The smallest absolute Gasteiger partial charge is 0.255 e. The number of hydrogen-bond donors (Lipinski definition) is 2. The van der Waals surface area contributed by atoms with Crippen molar-refractivity contribution in [1.29, 1.82) is 0 Å². The number of carbonyl (C=O) groups is 2. The molecular weight excluding hydrogens is 372 g/mol. The van der Waals surface area contributed by atoms with Crippen molar-refractivity contribution < 1.29 is 9.59 Å². The number of hydrogen-bond acceptors (Lipinski definition) is 2. The first-order chi connectivity index (χ1) is 14.7. The summed E-state index contributed by atoms with van der Waals surface area (Å²) in [5.41, 5.74) is 3.93. The lowest BCUT2D eigenvalue weighted by Crippen LogP contribution is -2.36. The highest BCUT2D eigenvalue weighted by atomic mass is 16.2. The summed E-state index contributed by atoms with van der Waals surface area (Å²) in [7, 11) is 0. The van der Waals surface area contributed by atoms with Crippen molar-refractivity contribution in [3.8, 4) is 11.1 Å². The Kier molecular flexibility index (Phi) is 6.23. The molecule has 0 unspecified atom stereocenters. The largest absolute Gasteiger partial charge is 0.349 e. The van der Waals surface area contributed by atoms with Crippen molar-refractivity contribution in [2.45, 2.75) is 38.1 Å². The molecule has 3 aromatic carbocycles. The van der Waals surface area contributed by atoms with Gasteiger partial charge in [-0.05, 0) is 54.3 Å². The fraction of sp³-hybridized carbons (Fsp3) is 0.231. The molecule has 0 aliphatic heterocycles. The Labute approximate surface area is 177 Å². The van der Waals surface area contributed by atoms with E-state index in [-0.39, 0.29) is 17.9 Å². The van der Waals surface area contributed by atoms with E-state index in [4.69, 9.17) is 0 Å². The van der Waals surface area contributed by atoms with Gasteiger partial charge in [-0.15, -0.1) is 0 Å². The Hall–Kier alpha value is -3.40. The van der Waals surface area contributed by atoms with E-state index in [9.17, 15) is 9.59 Å². The summed E-state index contributed by atoms with van der Waals surface area (Å²) in [6, 6.07) is 24.9. The second-order valence-corrected chi connectivity index (χ2v) is 7.79. The van der Waals surface area contributed by atoms with E-state index in [2.05, 4.69) is 10.6 Å². The van der Waals surface area contributed by atoms with E-state index in [0.717, 1.165) is 24.0 Å². The predicted octanol–water partition coefficient (Wildman–Crippen LogP) is 5.67. The van der Waals surface area contributed by atoms with Crippen LogP contribution in [0.3, 0.4) is 0 Å². The highest BCUT2D eigenvalue weighted by Gasteiger charge is 2.17. The average molecular weight is 399 g/mol. The molecule has 4 rings (SSSR count). The molecule has 2 amide bonds. The minimum absolute atomic E-state index is 0.0785. The molecule has 152 valence electrons. The molecule has 0 atom stereocenters. The molecule has 0 spiro atoms. The molecular formula is C26H26N2O2. The Morgan fingerprint density at radius 2 is 1.37 bits per heavy atom. The van der Waals surface area contributed by atoms with Crippen LogP contribution in [0.25, 0.3) is 11.1 Å². The molecule has 4 nitrogen and oxygen atoms in total. The van der Waals surface area contributed by atoms with Gasteiger partial charge in [0.05, 0.1) is 0 Å². The highest BCUT2D eigenvalue weighted by molar-refractivity contribution is 6.05. The van der Waals surface area contributed by atoms with Gasteiger partial charge in [-0.1, -0.05) is 67.8 Å². The summed E-state index contributed by atoms with van der Waals surface area (Å²) in [5, 5.41) is 6.01. The van der Waals surface area contributed by atoms with Gasteiger partial charge >= 0.3 is 0 Å². The minimum Gasteiger partial charge on any atom is -0.349 e. The van der Waals surface area contributed by atoms with Gasteiger partial charge < -0.3 is 10.6 Å². The van der Waals surface area contributed by atoms with Crippen LogP contribution in [-0.2, 0) is 0 Å². The number of rotatable bonds is 5. The molecule has 3 aromatic rings. The SMILES string of the molecule is O=C(Nc1cccc(C(=O)NC2CCCCC2)c1)c1ccc(-c2ccccc2)cc1. The van der Waals surface area contributed by atoms with Crippen LogP contribution < -0.4 is 10.6 Å². The predicted molar refractivity (Wildman–Crippen MR) is 121 cm³/mol. The maximum Gasteiger partial charge on any atom is 0.255 e. The zero-order valence-electron chi connectivity index (χ0n) is 16.9. The summed E-state index contributed by atoms with van der Waals surface area (Å²) < 4.78 is 0. The summed E-state index contributed by atoms with van der Waals surface area (Å²) >= 11 is 0. The van der Waals surface area contributed by atoms with Gasteiger partial charge in [-0.2, -0.15) is 0 Å². The van der Waals surface area contributed by atoms with E-state index < -0.39 is 0 Å². The zero-order chi connectivity index (χ0) is 20.8. The molecule has 1 aliphatic rings. The summed E-state index contributed by atoms with van der Waals surface area (Å²) in [6.45, 7) is 0. The van der Waals surface area contributed by atoms with Crippen molar-refractivity contribution in [3.63, 3.8) is 0 Å². The van der Waals surface area contributed by atoms with Gasteiger partial charge in [0.1, 0.15) is 0 Å². The summed E-state index contributed by atoms with van der Waals surface area (Å²) in [6.07, 6.45) is 5.68. The van der Waals surface area contributed by atoms with Crippen LogP contribution in [0.2, 0.25) is 0 Å². The van der Waals surface area contributed by atoms with Gasteiger partial charge in [0, 0.05) is 22.9 Å². The van der Waals surface area contributed by atoms with Crippen LogP contribution in [0, 0.1) is 0 Å². The van der Waals surface area contributed by atoms with Crippen molar-refractivity contribution in [3.05, 3.63) is 90.0 Å². The molecule has 30 heavy (non-hydrogen) atoms. The molecule has 0 radical (unpaired) electrons. The quantitative estimate of drug-likeness (QED) is 0.582. The van der Waals surface area contributed by atoms with E-state index in [1.165, 1.54) is 19.3 Å². The molecule has 1 saturated carbocycles. The number of amides is 2. The molecule has 1 fully saturated rings. The van der Waals surface area contributed by atoms with Crippen LogP contribution in [0.4, 0.5) is 5.69 Å². The van der Waals surface area contributed by atoms with Crippen molar-refractivity contribution in [2.75, 3.05) is 5.32 Å². The lowest BCUT2D eigenvalue weighted by molar-refractivity contribution is 0.0926. The van der Waals surface area contributed by atoms with Crippen LogP contribution >= 0.6 is 0 Å².